The summed E-state index contributed by atoms with van der Waals surface area (Å²) in [6.07, 6.45) is 0. The van der Waals surface area contributed by atoms with Crippen LogP contribution in [0.25, 0.3) is 0 Å². The zero-order valence-corrected chi connectivity index (χ0v) is 12.8. The van der Waals surface area contributed by atoms with Crippen LogP contribution in [-0.2, 0) is 6.61 Å². The number of halogens is 1. The van der Waals surface area contributed by atoms with Crippen molar-refractivity contribution in [2.45, 2.75) is 20.5 Å². The standard InChI is InChI=1S/C15H14BrNO3/c1-10-8-13(6-7-14(10)16)20-9-12-4-3-5-15(11(12)2)17(18)19/h3-8H,9H2,1-2H3. The molecule has 0 saturated heterocycles. The molecule has 0 N–H and O–H groups in total. The fourth-order valence-corrected chi connectivity index (χ4v) is 2.14. The number of rotatable bonds is 4. The number of aryl methyl sites for hydroxylation is 1. The van der Waals surface area contributed by atoms with E-state index in [1.165, 1.54) is 6.07 Å². The first-order chi connectivity index (χ1) is 9.49. The van der Waals surface area contributed by atoms with Crippen molar-refractivity contribution in [3.05, 3.63) is 67.7 Å². The lowest BCUT2D eigenvalue weighted by Crippen LogP contribution is -2.01. The molecule has 0 aliphatic heterocycles. The maximum absolute atomic E-state index is 10.9. The Bertz CT molecular complexity index is 656. The Labute approximate surface area is 125 Å². The largest absolute Gasteiger partial charge is 0.489 e. The molecule has 4 nitrogen and oxygen atoms in total. The Morgan fingerprint density at radius 2 is 2.00 bits per heavy atom. The van der Waals surface area contributed by atoms with Crippen LogP contribution in [0.15, 0.2) is 40.9 Å². The van der Waals surface area contributed by atoms with Gasteiger partial charge >= 0.3 is 0 Å². The summed E-state index contributed by atoms with van der Waals surface area (Å²) in [5.41, 5.74) is 2.67. The van der Waals surface area contributed by atoms with Crippen molar-refractivity contribution in [3.8, 4) is 5.75 Å². The SMILES string of the molecule is Cc1cc(OCc2cccc([N+](=O)[O-])c2C)ccc1Br. The van der Waals surface area contributed by atoms with Gasteiger partial charge in [-0.15, -0.1) is 0 Å². The maximum atomic E-state index is 10.9. The molecule has 20 heavy (non-hydrogen) atoms. The van der Waals surface area contributed by atoms with E-state index in [1.54, 1.807) is 13.0 Å². The number of nitro benzene ring substituents is 1. The Morgan fingerprint density at radius 3 is 2.65 bits per heavy atom. The van der Waals surface area contributed by atoms with Crippen molar-refractivity contribution in [2.75, 3.05) is 0 Å². The van der Waals surface area contributed by atoms with Gasteiger partial charge in [0, 0.05) is 16.1 Å². The Kier molecular flexibility index (Phi) is 4.39. The van der Waals surface area contributed by atoms with Crippen molar-refractivity contribution >= 4 is 21.6 Å². The highest BCUT2D eigenvalue weighted by atomic mass is 79.9. The average Bonchev–Trinajstić information content (AvgIpc) is 2.41. The molecule has 0 amide bonds. The molecule has 5 heteroatoms. The summed E-state index contributed by atoms with van der Waals surface area (Å²) in [6.45, 7) is 4.04. The van der Waals surface area contributed by atoms with Crippen LogP contribution >= 0.6 is 15.9 Å². The zero-order chi connectivity index (χ0) is 14.7. The molecule has 2 aromatic rings. The lowest BCUT2D eigenvalue weighted by molar-refractivity contribution is -0.385. The van der Waals surface area contributed by atoms with E-state index in [-0.39, 0.29) is 10.6 Å². The molecule has 0 unspecified atom stereocenters. The van der Waals surface area contributed by atoms with Crippen LogP contribution in [0, 0.1) is 24.0 Å². The number of nitro groups is 1. The van der Waals surface area contributed by atoms with Crippen LogP contribution in [0.2, 0.25) is 0 Å². The number of ether oxygens (including phenoxy) is 1. The van der Waals surface area contributed by atoms with Crippen LogP contribution in [0.4, 0.5) is 5.69 Å². The Morgan fingerprint density at radius 1 is 1.25 bits per heavy atom. The molecule has 2 aromatic carbocycles. The third-order valence-corrected chi connectivity index (χ3v) is 4.03. The fraction of sp³-hybridized carbons (Fsp3) is 0.200. The topological polar surface area (TPSA) is 52.4 Å². The maximum Gasteiger partial charge on any atom is 0.272 e. The van der Waals surface area contributed by atoms with Crippen molar-refractivity contribution < 1.29 is 9.66 Å². The minimum Gasteiger partial charge on any atom is -0.489 e. The minimum atomic E-state index is -0.372. The van der Waals surface area contributed by atoms with Gasteiger partial charge in [0.25, 0.3) is 5.69 Å². The molecule has 0 fully saturated rings. The second-order valence-corrected chi connectivity index (χ2v) is 5.37. The smallest absolute Gasteiger partial charge is 0.272 e. The summed E-state index contributed by atoms with van der Waals surface area (Å²) in [5, 5.41) is 10.9. The van der Waals surface area contributed by atoms with E-state index in [4.69, 9.17) is 4.74 Å². The number of benzene rings is 2. The molecule has 2 rings (SSSR count). The van der Waals surface area contributed by atoms with E-state index in [0.29, 0.717) is 12.2 Å². The summed E-state index contributed by atoms with van der Waals surface area (Å²) in [7, 11) is 0. The second kappa shape index (κ2) is 6.05. The van der Waals surface area contributed by atoms with E-state index in [9.17, 15) is 10.1 Å². The average molecular weight is 336 g/mol. The third kappa shape index (κ3) is 3.17. The van der Waals surface area contributed by atoms with Gasteiger partial charge in [-0.2, -0.15) is 0 Å². The van der Waals surface area contributed by atoms with E-state index >= 15 is 0 Å². The van der Waals surface area contributed by atoms with Gasteiger partial charge in [-0.05, 0) is 43.2 Å². The second-order valence-electron chi connectivity index (χ2n) is 4.52. The first-order valence-electron chi connectivity index (χ1n) is 6.11. The van der Waals surface area contributed by atoms with Crippen molar-refractivity contribution in [1.82, 2.24) is 0 Å². The first kappa shape index (κ1) is 14.5. The quantitative estimate of drug-likeness (QED) is 0.608. The number of hydrogen-bond donors (Lipinski definition) is 0. The van der Waals surface area contributed by atoms with Crippen LogP contribution < -0.4 is 4.74 Å². The van der Waals surface area contributed by atoms with E-state index in [1.807, 2.05) is 31.2 Å². The molecule has 0 aliphatic carbocycles. The van der Waals surface area contributed by atoms with Crippen molar-refractivity contribution in [3.63, 3.8) is 0 Å². The molecule has 0 aliphatic rings. The molecule has 104 valence electrons. The van der Waals surface area contributed by atoms with E-state index in [0.717, 1.165) is 21.3 Å². The summed E-state index contributed by atoms with van der Waals surface area (Å²) in [5.74, 6) is 0.747. The van der Waals surface area contributed by atoms with Gasteiger partial charge in [0.15, 0.2) is 0 Å². The van der Waals surface area contributed by atoms with Crippen LogP contribution in [-0.4, -0.2) is 4.92 Å². The van der Waals surface area contributed by atoms with Crippen LogP contribution in [0.5, 0.6) is 5.75 Å². The predicted molar refractivity (Wildman–Crippen MR) is 81.0 cm³/mol. The van der Waals surface area contributed by atoms with Crippen molar-refractivity contribution in [2.24, 2.45) is 0 Å². The van der Waals surface area contributed by atoms with Crippen LogP contribution in [0.3, 0.4) is 0 Å². The van der Waals surface area contributed by atoms with Gasteiger partial charge in [0.2, 0.25) is 0 Å². The number of hydrogen-bond acceptors (Lipinski definition) is 3. The van der Waals surface area contributed by atoms with Gasteiger partial charge < -0.3 is 4.74 Å². The number of nitrogens with zero attached hydrogens (tertiary/aromatic N) is 1. The summed E-state index contributed by atoms with van der Waals surface area (Å²) < 4.78 is 6.72. The van der Waals surface area contributed by atoms with E-state index < -0.39 is 0 Å². The van der Waals surface area contributed by atoms with Gasteiger partial charge in [0.05, 0.1) is 4.92 Å². The summed E-state index contributed by atoms with van der Waals surface area (Å²) in [4.78, 5) is 10.5. The Balaban J connectivity index is 2.17. The van der Waals surface area contributed by atoms with Gasteiger partial charge in [-0.3, -0.25) is 10.1 Å². The van der Waals surface area contributed by atoms with Crippen LogP contribution in [0.1, 0.15) is 16.7 Å². The molecule has 0 aromatic heterocycles. The Hall–Kier alpha value is -1.88. The fourth-order valence-electron chi connectivity index (χ4n) is 1.89. The minimum absolute atomic E-state index is 0.123. The highest BCUT2D eigenvalue weighted by Crippen LogP contribution is 2.25. The molecule has 0 radical (unpaired) electrons. The first-order valence-corrected chi connectivity index (χ1v) is 6.90. The molecule has 0 saturated carbocycles. The highest BCUT2D eigenvalue weighted by Gasteiger charge is 2.13. The van der Waals surface area contributed by atoms with Gasteiger partial charge in [-0.1, -0.05) is 28.1 Å². The third-order valence-electron chi connectivity index (χ3n) is 3.14. The summed E-state index contributed by atoms with van der Waals surface area (Å²) in [6, 6.07) is 10.7. The molecule has 0 atom stereocenters. The van der Waals surface area contributed by atoms with Crippen molar-refractivity contribution in [1.29, 1.82) is 0 Å². The molecule has 0 spiro atoms. The highest BCUT2D eigenvalue weighted by molar-refractivity contribution is 9.10. The molecular weight excluding hydrogens is 322 g/mol. The molecular formula is C15H14BrNO3. The normalized spacial score (nSPS) is 10.3. The zero-order valence-electron chi connectivity index (χ0n) is 11.2. The molecule has 0 heterocycles. The lowest BCUT2D eigenvalue weighted by Gasteiger charge is -2.10. The molecule has 0 bridgehead atoms. The van der Waals surface area contributed by atoms with E-state index in [2.05, 4.69) is 15.9 Å². The van der Waals surface area contributed by atoms with Gasteiger partial charge in [0.1, 0.15) is 12.4 Å². The summed E-state index contributed by atoms with van der Waals surface area (Å²) >= 11 is 3.43. The van der Waals surface area contributed by atoms with Gasteiger partial charge in [-0.25, -0.2) is 0 Å². The monoisotopic (exact) mass is 335 g/mol. The predicted octanol–water partition coefficient (Wildman–Crippen LogP) is 4.55. The lowest BCUT2D eigenvalue weighted by atomic mass is 10.1.